The summed E-state index contributed by atoms with van der Waals surface area (Å²) in [4.78, 5) is 0. The van der Waals surface area contributed by atoms with Gasteiger partial charge in [0.15, 0.2) is 6.29 Å². The Hall–Kier alpha value is -0.200. The molecule has 2 heterocycles. The summed E-state index contributed by atoms with van der Waals surface area (Å²) in [6.45, 7) is 0.236. The molecule has 64 valence electrons. The molecule has 0 unspecified atom stereocenters. The number of ether oxygens (including phenoxy) is 2. The average molecular weight is 162 g/mol. The van der Waals surface area contributed by atoms with Gasteiger partial charge in [-0.05, 0) is 0 Å². The maximum Gasteiger partial charge on any atom is 0.184 e. The van der Waals surface area contributed by atoms with Crippen molar-refractivity contribution in [1.29, 1.82) is 0 Å². The molecule has 0 aromatic rings. The van der Waals surface area contributed by atoms with Crippen molar-refractivity contribution < 1.29 is 24.8 Å². The Morgan fingerprint density at radius 3 is 2.55 bits per heavy atom. The van der Waals surface area contributed by atoms with Crippen LogP contribution in [0.15, 0.2) is 0 Å². The number of fused-ring (bicyclic) bond motifs is 2. The SMILES string of the molecule is O[C@@H]1[C@@H]2OC[C@@H](O[C@@H]1O)[C@H]2O. The highest BCUT2D eigenvalue weighted by molar-refractivity contribution is 4.94. The fraction of sp³-hybridized carbons (Fsp3) is 1.00. The summed E-state index contributed by atoms with van der Waals surface area (Å²) in [5.41, 5.74) is 0. The number of aliphatic hydroxyl groups is 3. The number of rotatable bonds is 0. The molecule has 0 aromatic carbocycles. The smallest absolute Gasteiger partial charge is 0.184 e. The summed E-state index contributed by atoms with van der Waals surface area (Å²) < 4.78 is 9.82. The molecule has 5 atom stereocenters. The lowest BCUT2D eigenvalue weighted by Gasteiger charge is -2.31. The third-order valence-corrected chi connectivity index (χ3v) is 2.11. The van der Waals surface area contributed by atoms with Crippen LogP contribution in [0.2, 0.25) is 0 Å². The van der Waals surface area contributed by atoms with E-state index in [1.54, 1.807) is 0 Å². The number of aliphatic hydroxyl groups excluding tert-OH is 3. The molecule has 0 saturated carbocycles. The van der Waals surface area contributed by atoms with Crippen LogP contribution in [0.25, 0.3) is 0 Å². The van der Waals surface area contributed by atoms with Crippen LogP contribution < -0.4 is 0 Å². The standard InChI is InChI=1S/C6H10O5/c7-3-2-1-10-5(3)4(8)6(9)11-2/h2-9H,1H2/t2-,3-,4-,5-,6+/m1/s1. The van der Waals surface area contributed by atoms with Crippen molar-refractivity contribution in [3.8, 4) is 0 Å². The van der Waals surface area contributed by atoms with Crippen LogP contribution in [0.1, 0.15) is 0 Å². The summed E-state index contributed by atoms with van der Waals surface area (Å²) in [6, 6.07) is 0. The normalized spacial score (nSPS) is 56.5. The van der Waals surface area contributed by atoms with Crippen LogP contribution in [-0.4, -0.2) is 52.6 Å². The first-order valence-corrected chi connectivity index (χ1v) is 3.51. The zero-order chi connectivity index (χ0) is 8.01. The number of hydrogen-bond acceptors (Lipinski definition) is 5. The van der Waals surface area contributed by atoms with E-state index in [1.807, 2.05) is 0 Å². The molecule has 0 amide bonds. The Balaban J connectivity index is 2.16. The van der Waals surface area contributed by atoms with Gasteiger partial charge in [0, 0.05) is 0 Å². The van der Waals surface area contributed by atoms with E-state index in [2.05, 4.69) is 0 Å². The molecule has 2 aliphatic rings. The van der Waals surface area contributed by atoms with Crippen LogP contribution in [0.5, 0.6) is 0 Å². The molecule has 2 rings (SSSR count). The molecule has 5 heteroatoms. The summed E-state index contributed by atoms with van der Waals surface area (Å²) in [5.74, 6) is 0. The monoisotopic (exact) mass is 162 g/mol. The van der Waals surface area contributed by atoms with Crippen LogP contribution in [0.4, 0.5) is 0 Å². The van der Waals surface area contributed by atoms with E-state index in [0.717, 1.165) is 0 Å². The zero-order valence-corrected chi connectivity index (χ0v) is 5.75. The van der Waals surface area contributed by atoms with Crippen molar-refractivity contribution >= 4 is 0 Å². The first-order chi connectivity index (χ1) is 5.20. The van der Waals surface area contributed by atoms with E-state index in [4.69, 9.17) is 14.6 Å². The van der Waals surface area contributed by atoms with Crippen LogP contribution in [-0.2, 0) is 9.47 Å². The molecule has 11 heavy (non-hydrogen) atoms. The fourth-order valence-corrected chi connectivity index (χ4v) is 1.46. The summed E-state index contributed by atoms with van der Waals surface area (Å²) >= 11 is 0. The minimum absolute atomic E-state index is 0.236. The zero-order valence-electron chi connectivity index (χ0n) is 5.75. The van der Waals surface area contributed by atoms with Crippen LogP contribution in [0, 0.1) is 0 Å². The van der Waals surface area contributed by atoms with E-state index in [-0.39, 0.29) is 6.61 Å². The molecule has 0 radical (unpaired) electrons. The Morgan fingerprint density at radius 1 is 1.09 bits per heavy atom. The molecule has 2 fully saturated rings. The van der Waals surface area contributed by atoms with Crippen molar-refractivity contribution in [2.45, 2.75) is 30.7 Å². The Morgan fingerprint density at radius 2 is 1.82 bits per heavy atom. The molecule has 3 N–H and O–H groups in total. The fourth-order valence-electron chi connectivity index (χ4n) is 1.46. The highest BCUT2D eigenvalue weighted by Gasteiger charge is 2.49. The highest BCUT2D eigenvalue weighted by Crippen LogP contribution is 2.28. The summed E-state index contributed by atoms with van der Waals surface area (Å²) in [7, 11) is 0. The maximum atomic E-state index is 9.28. The van der Waals surface area contributed by atoms with Gasteiger partial charge in [0.2, 0.25) is 0 Å². The Labute approximate surface area is 63.2 Å². The first-order valence-electron chi connectivity index (χ1n) is 3.51. The molecular formula is C6H10O5. The van der Waals surface area contributed by atoms with Gasteiger partial charge in [-0.15, -0.1) is 0 Å². The predicted octanol–water partition coefficient (Wildman–Crippen LogP) is -2.18. The molecule has 2 bridgehead atoms. The second kappa shape index (κ2) is 2.40. The van der Waals surface area contributed by atoms with E-state index in [0.29, 0.717) is 0 Å². The van der Waals surface area contributed by atoms with Gasteiger partial charge < -0.3 is 24.8 Å². The van der Waals surface area contributed by atoms with Crippen molar-refractivity contribution in [2.75, 3.05) is 6.61 Å². The summed E-state index contributed by atoms with van der Waals surface area (Å²) in [6.07, 6.45) is -4.35. The lowest BCUT2D eigenvalue weighted by molar-refractivity contribution is -0.242. The highest BCUT2D eigenvalue weighted by atomic mass is 16.7. The van der Waals surface area contributed by atoms with Gasteiger partial charge in [-0.2, -0.15) is 0 Å². The van der Waals surface area contributed by atoms with Gasteiger partial charge in [-0.1, -0.05) is 0 Å². The molecule has 0 spiro atoms. The van der Waals surface area contributed by atoms with Crippen LogP contribution in [0.3, 0.4) is 0 Å². The van der Waals surface area contributed by atoms with Crippen LogP contribution >= 0.6 is 0 Å². The van der Waals surface area contributed by atoms with Gasteiger partial charge in [-0.25, -0.2) is 0 Å². The van der Waals surface area contributed by atoms with E-state index >= 15 is 0 Å². The third-order valence-electron chi connectivity index (χ3n) is 2.11. The first kappa shape index (κ1) is 7.45. The molecule has 0 aromatic heterocycles. The van der Waals surface area contributed by atoms with Crippen molar-refractivity contribution in [1.82, 2.24) is 0 Å². The van der Waals surface area contributed by atoms with Gasteiger partial charge in [0.1, 0.15) is 24.4 Å². The third kappa shape index (κ3) is 0.969. The average Bonchev–Trinajstić information content (AvgIpc) is 2.23. The van der Waals surface area contributed by atoms with E-state index in [9.17, 15) is 10.2 Å². The largest absolute Gasteiger partial charge is 0.387 e. The second-order valence-electron chi connectivity index (χ2n) is 2.84. The minimum Gasteiger partial charge on any atom is -0.387 e. The molecular weight excluding hydrogens is 152 g/mol. The maximum absolute atomic E-state index is 9.28. The van der Waals surface area contributed by atoms with E-state index < -0.39 is 30.7 Å². The van der Waals surface area contributed by atoms with Crippen molar-refractivity contribution in [3.63, 3.8) is 0 Å². The molecule has 2 aliphatic heterocycles. The van der Waals surface area contributed by atoms with Crippen molar-refractivity contribution in [2.24, 2.45) is 0 Å². The Bertz CT molecular complexity index is 161. The lowest BCUT2D eigenvalue weighted by atomic mass is 10.0. The van der Waals surface area contributed by atoms with Gasteiger partial charge in [-0.3, -0.25) is 0 Å². The molecule has 2 saturated heterocycles. The Kier molecular flexibility index (Phi) is 1.62. The molecule has 0 aliphatic carbocycles. The topological polar surface area (TPSA) is 79.2 Å². The summed E-state index contributed by atoms with van der Waals surface area (Å²) in [5, 5.41) is 27.5. The predicted molar refractivity (Wildman–Crippen MR) is 32.6 cm³/mol. The quantitative estimate of drug-likeness (QED) is 0.377. The van der Waals surface area contributed by atoms with Gasteiger partial charge in [0.05, 0.1) is 6.61 Å². The number of hydrogen-bond donors (Lipinski definition) is 3. The second-order valence-corrected chi connectivity index (χ2v) is 2.84. The molecule has 5 nitrogen and oxygen atoms in total. The van der Waals surface area contributed by atoms with Crippen molar-refractivity contribution in [3.05, 3.63) is 0 Å². The van der Waals surface area contributed by atoms with Gasteiger partial charge in [0.25, 0.3) is 0 Å². The lowest BCUT2D eigenvalue weighted by Crippen LogP contribution is -2.52. The van der Waals surface area contributed by atoms with Gasteiger partial charge >= 0.3 is 0 Å². The minimum atomic E-state index is -1.23. The van der Waals surface area contributed by atoms with E-state index in [1.165, 1.54) is 0 Å².